The number of carbonyl (C=O) groups excluding carboxylic acids is 4. The van der Waals surface area contributed by atoms with Crippen molar-refractivity contribution in [3.63, 3.8) is 0 Å². The molecule has 16 nitrogen and oxygen atoms in total. The molecule has 5 heterocycles. The molecule has 2 aromatic carbocycles. The van der Waals surface area contributed by atoms with Gasteiger partial charge < -0.3 is 48.2 Å². The molecule has 0 unspecified atom stereocenters. The molecule has 4 amide bonds. The highest BCUT2D eigenvalue weighted by Gasteiger charge is 2.40. The number of nitrogens with zero attached hydrogens (tertiary/aromatic N) is 4. The summed E-state index contributed by atoms with van der Waals surface area (Å²) in [6.07, 6.45) is 6.28. The third-order valence-corrected chi connectivity index (χ3v) is 11.5. The van der Waals surface area contributed by atoms with Gasteiger partial charge in [-0.1, -0.05) is 40.5 Å². The van der Waals surface area contributed by atoms with E-state index in [0.717, 1.165) is 12.8 Å². The Morgan fingerprint density at radius 3 is 1.48 bits per heavy atom. The summed E-state index contributed by atoms with van der Waals surface area (Å²) in [7, 11) is 2.55. The summed E-state index contributed by atoms with van der Waals surface area (Å²) in [4.78, 5) is 64.2. The van der Waals surface area contributed by atoms with Crippen LogP contribution in [0.1, 0.15) is 90.1 Å². The molecule has 2 aromatic heterocycles. The van der Waals surface area contributed by atoms with Gasteiger partial charge in [0.2, 0.25) is 23.6 Å². The lowest BCUT2D eigenvalue weighted by Gasteiger charge is -2.30. The number of amides is 4. The zero-order valence-corrected chi connectivity index (χ0v) is 33.6. The molecule has 3 aliphatic rings. The van der Waals surface area contributed by atoms with Crippen molar-refractivity contribution in [2.75, 3.05) is 27.3 Å². The first-order chi connectivity index (χ1) is 28.0. The molecular weight excluding hydrogens is 748 g/mol. The van der Waals surface area contributed by atoms with Gasteiger partial charge in [0.05, 0.1) is 26.6 Å². The third-order valence-electron chi connectivity index (χ3n) is 11.5. The fourth-order valence-corrected chi connectivity index (χ4v) is 7.71. The maximum absolute atomic E-state index is 13.7. The van der Waals surface area contributed by atoms with Gasteiger partial charge in [0, 0.05) is 24.2 Å². The van der Waals surface area contributed by atoms with E-state index in [1.165, 1.54) is 14.2 Å². The SMILES string of the molecule is CC[C@H](C)[C@H](NC(=O)OC)C(=O)N1CCC[C@H]1c1ncc(-c2ccc3c(c2)Oc2ccc(-c4cnc([C@@H]5CCCN5C(=O)[C@@H](NC(=O)OC)[C@@H](C)CC)o4)cc2O3)o1. The fourth-order valence-electron chi connectivity index (χ4n) is 7.71. The number of hydrogen-bond donors (Lipinski definition) is 2. The van der Waals surface area contributed by atoms with Crippen molar-refractivity contribution in [1.82, 2.24) is 30.4 Å². The molecule has 58 heavy (non-hydrogen) atoms. The zero-order valence-electron chi connectivity index (χ0n) is 33.6. The van der Waals surface area contributed by atoms with Crippen molar-refractivity contribution in [2.45, 2.75) is 90.4 Å². The largest absolute Gasteiger partial charge is 0.453 e. The van der Waals surface area contributed by atoms with Crippen molar-refractivity contribution in [3.8, 4) is 45.6 Å². The molecule has 0 radical (unpaired) electrons. The van der Waals surface area contributed by atoms with E-state index in [2.05, 4.69) is 20.6 Å². The number of ether oxygens (including phenoxy) is 4. The van der Waals surface area contributed by atoms with Gasteiger partial charge in [0.25, 0.3) is 0 Å². The second-order valence-corrected chi connectivity index (χ2v) is 15.0. The van der Waals surface area contributed by atoms with Crippen molar-refractivity contribution in [3.05, 3.63) is 60.6 Å². The van der Waals surface area contributed by atoms with Crippen LogP contribution in [-0.2, 0) is 19.1 Å². The van der Waals surface area contributed by atoms with Crippen molar-refractivity contribution in [2.24, 2.45) is 11.8 Å². The van der Waals surface area contributed by atoms with E-state index in [-0.39, 0.29) is 35.7 Å². The molecule has 0 aliphatic carbocycles. The Kier molecular flexibility index (Phi) is 11.9. The lowest BCUT2D eigenvalue weighted by atomic mass is 9.97. The van der Waals surface area contributed by atoms with E-state index in [9.17, 15) is 19.2 Å². The van der Waals surface area contributed by atoms with E-state index < -0.39 is 24.3 Å². The van der Waals surface area contributed by atoms with Crippen LogP contribution in [-0.4, -0.2) is 83.2 Å². The van der Waals surface area contributed by atoms with Crippen LogP contribution in [0.3, 0.4) is 0 Å². The minimum Gasteiger partial charge on any atom is -0.453 e. The zero-order chi connectivity index (χ0) is 41.1. The number of alkyl carbamates (subject to hydrolysis) is 2. The van der Waals surface area contributed by atoms with Gasteiger partial charge in [-0.25, -0.2) is 19.6 Å². The van der Waals surface area contributed by atoms with Crippen LogP contribution in [0, 0.1) is 11.8 Å². The smallest absolute Gasteiger partial charge is 0.407 e. The quantitative estimate of drug-likeness (QED) is 0.125. The Balaban J connectivity index is 1.03. The van der Waals surface area contributed by atoms with Crippen LogP contribution in [0.4, 0.5) is 9.59 Å². The Bertz CT molecular complexity index is 2000. The molecule has 3 aliphatic heterocycles. The fraction of sp³-hybridized carbons (Fsp3) is 0.476. The highest BCUT2D eigenvalue weighted by atomic mass is 16.6. The number of likely N-dealkylation sites (tertiary alicyclic amines) is 2. The molecule has 4 aromatic rings. The molecule has 2 saturated heterocycles. The van der Waals surface area contributed by atoms with Gasteiger partial charge in [-0.3, -0.25) is 9.59 Å². The maximum atomic E-state index is 13.7. The summed E-state index contributed by atoms with van der Waals surface area (Å²) in [6, 6.07) is 8.71. The Morgan fingerprint density at radius 2 is 1.10 bits per heavy atom. The molecule has 16 heteroatoms. The number of nitrogens with one attached hydrogen (secondary N) is 2. The number of benzene rings is 2. The number of oxazole rings is 2. The van der Waals surface area contributed by atoms with Crippen LogP contribution in [0.5, 0.6) is 23.0 Å². The molecule has 2 N–H and O–H groups in total. The molecule has 2 fully saturated rings. The van der Waals surface area contributed by atoms with Crippen molar-refractivity contribution in [1.29, 1.82) is 0 Å². The lowest BCUT2D eigenvalue weighted by Crippen LogP contribution is -2.51. The third kappa shape index (κ3) is 8.04. The van der Waals surface area contributed by atoms with Crippen LogP contribution in [0.2, 0.25) is 0 Å². The molecular formula is C42H50N6O10. The number of methoxy groups -OCH3 is 2. The summed E-state index contributed by atoms with van der Waals surface area (Å²) in [5, 5.41) is 5.43. The van der Waals surface area contributed by atoms with Gasteiger partial charge in [-0.15, -0.1) is 0 Å². The summed E-state index contributed by atoms with van der Waals surface area (Å²) in [5.41, 5.74) is 1.43. The van der Waals surface area contributed by atoms with E-state index in [0.29, 0.717) is 96.2 Å². The minimum atomic E-state index is -0.732. The van der Waals surface area contributed by atoms with Gasteiger partial charge in [0.1, 0.15) is 24.2 Å². The Labute approximate surface area is 336 Å². The van der Waals surface area contributed by atoms with Gasteiger partial charge in [0.15, 0.2) is 34.5 Å². The second kappa shape index (κ2) is 17.2. The van der Waals surface area contributed by atoms with Crippen LogP contribution >= 0.6 is 0 Å². The van der Waals surface area contributed by atoms with Gasteiger partial charge in [-0.05, 0) is 73.9 Å². The predicted molar refractivity (Wildman–Crippen MR) is 209 cm³/mol. The van der Waals surface area contributed by atoms with E-state index in [4.69, 9.17) is 27.8 Å². The lowest BCUT2D eigenvalue weighted by molar-refractivity contribution is -0.136. The van der Waals surface area contributed by atoms with Crippen molar-refractivity contribution < 1.29 is 47.0 Å². The first kappa shape index (κ1) is 40.1. The monoisotopic (exact) mass is 798 g/mol. The topological polar surface area (TPSA) is 188 Å². The minimum absolute atomic E-state index is 0.100. The van der Waals surface area contributed by atoms with Gasteiger partial charge >= 0.3 is 12.2 Å². The highest BCUT2D eigenvalue weighted by molar-refractivity contribution is 5.87. The summed E-state index contributed by atoms with van der Waals surface area (Å²) >= 11 is 0. The summed E-state index contributed by atoms with van der Waals surface area (Å²) in [6.45, 7) is 8.84. The molecule has 7 rings (SSSR count). The molecule has 0 saturated carbocycles. The maximum Gasteiger partial charge on any atom is 0.407 e. The average Bonchev–Trinajstić information content (AvgIpc) is 4.09. The predicted octanol–water partition coefficient (Wildman–Crippen LogP) is 7.76. The normalized spacial score (nSPS) is 19.1. The molecule has 0 bridgehead atoms. The Hall–Kier alpha value is -6.06. The van der Waals surface area contributed by atoms with E-state index in [1.54, 1.807) is 34.3 Å². The number of fused-ring (bicyclic) bond motifs is 2. The molecule has 308 valence electrons. The summed E-state index contributed by atoms with van der Waals surface area (Å²) < 4.78 is 34.7. The molecule has 0 spiro atoms. The first-order valence-corrected chi connectivity index (χ1v) is 19.9. The van der Waals surface area contributed by atoms with E-state index >= 15 is 0 Å². The second-order valence-electron chi connectivity index (χ2n) is 15.0. The number of carbonyl (C=O) groups is 4. The van der Waals surface area contributed by atoms with Crippen molar-refractivity contribution >= 4 is 24.0 Å². The van der Waals surface area contributed by atoms with Gasteiger partial charge in [-0.2, -0.15) is 0 Å². The van der Waals surface area contributed by atoms with Crippen LogP contribution < -0.4 is 20.1 Å². The van der Waals surface area contributed by atoms with Crippen LogP contribution in [0.15, 0.2) is 57.6 Å². The standard InChI is InChI=1S/C42H50N6O10/c1-7-23(3)35(45-41(51)53-5)39(49)47-17-9-11-27(47)37-43-21-33(57-37)25-13-15-29-31(19-25)55-30-16-14-26(20-32(30)56-29)34-22-44-38(58-34)28-12-10-18-48(28)40(50)36(24(4)8-2)46-42(52)54-6/h13-16,19-24,27-28,35-36H,7-12,17-18H2,1-6H3,(H,45,51)(H,46,52)/t23-,24-,27-,28-,35-,36-/m0/s1. The Morgan fingerprint density at radius 1 is 0.690 bits per heavy atom. The number of rotatable bonds is 12. The van der Waals surface area contributed by atoms with Crippen LogP contribution in [0.25, 0.3) is 22.6 Å². The number of hydrogen-bond acceptors (Lipinski definition) is 12. The number of aromatic nitrogens is 2. The summed E-state index contributed by atoms with van der Waals surface area (Å²) in [5.74, 6) is 3.25. The average molecular weight is 799 g/mol. The first-order valence-electron chi connectivity index (χ1n) is 19.9. The van der Waals surface area contributed by atoms with E-state index in [1.807, 2.05) is 52.0 Å². The molecule has 6 atom stereocenters. The highest BCUT2D eigenvalue weighted by Crippen LogP contribution is 2.48.